The van der Waals surface area contributed by atoms with Gasteiger partial charge in [-0.15, -0.1) is 0 Å². The number of nitrogens with zero attached hydrogens (tertiary/aromatic N) is 3. The first-order valence-electron chi connectivity index (χ1n) is 8.27. The van der Waals surface area contributed by atoms with Crippen molar-refractivity contribution >= 4 is 0 Å². The molecule has 0 aliphatic carbocycles. The average molecular weight is 317 g/mol. The minimum absolute atomic E-state index is 0.230. The number of halogens is 1. The number of benzene rings is 1. The SMILES string of the molecule is CC(C)N(Cc1ccn(-c2ccc(F)cc2)n1)C1CCOCC1. The fraction of sp³-hybridized carbons (Fsp3) is 0.500. The molecule has 0 amide bonds. The van der Waals surface area contributed by atoms with Crippen LogP contribution in [0.15, 0.2) is 36.5 Å². The van der Waals surface area contributed by atoms with Gasteiger partial charge in [-0.2, -0.15) is 5.10 Å². The molecule has 0 unspecified atom stereocenters. The van der Waals surface area contributed by atoms with Crippen molar-refractivity contribution in [3.05, 3.63) is 48.0 Å². The molecule has 1 aromatic heterocycles. The molecule has 1 fully saturated rings. The summed E-state index contributed by atoms with van der Waals surface area (Å²) >= 11 is 0. The van der Waals surface area contributed by atoms with E-state index in [1.54, 1.807) is 16.8 Å². The third kappa shape index (κ3) is 3.98. The van der Waals surface area contributed by atoms with Gasteiger partial charge in [0.05, 0.1) is 11.4 Å². The largest absolute Gasteiger partial charge is 0.381 e. The normalized spacial score (nSPS) is 16.4. The molecule has 0 atom stereocenters. The lowest BCUT2D eigenvalue weighted by Crippen LogP contribution is -2.43. The zero-order valence-electron chi connectivity index (χ0n) is 13.8. The van der Waals surface area contributed by atoms with Crippen molar-refractivity contribution in [1.82, 2.24) is 14.7 Å². The van der Waals surface area contributed by atoms with E-state index in [1.807, 2.05) is 12.3 Å². The number of ether oxygens (including phenoxy) is 1. The molecule has 0 spiro atoms. The van der Waals surface area contributed by atoms with Gasteiger partial charge in [0.15, 0.2) is 0 Å². The Hall–Kier alpha value is -1.72. The summed E-state index contributed by atoms with van der Waals surface area (Å²) in [5, 5.41) is 4.65. The minimum atomic E-state index is -0.230. The van der Waals surface area contributed by atoms with E-state index in [0.29, 0.717) is 12.1 Å². The quantitative estimate of drug-likeness (QED) is 0.847. The zero-order valence-corrected chi connectivity index (χ0v) is 13.8. The lowest BCUT2D eigenvalue weighted by Gasteiger charge is -2.36. The predicted octanol–water partition coefficient (Wildman–Crippen LogP) is 3.40. The number of aromatic nitrogens is 2. The van der Waals surface area contributed by atoms with Gasteiger partial charge < -0.3 is 4.74 Å². The Labute approximate surface area is 136 Å². The molecule has 5 heteroatoms. The van der Waals surface area contributed by atoms with Gasteiger partial charge in [-0.1, -0.05) is 0 Å². The summed E-state index contributed by atoms with van der Waals surface area (Å²) in [4.78, 5) is 2.50. The van der Waals surface area contributed by atoms with Gasteiger partial charge in [0.25, 0.3) is 0 Å². The molecule has 0 saturated carbocycles. The summed E-state index contributed by atoms with van der Waals surface area (Å²) in [6.45, 7) is 6.98. The van der Waals surface area contributed by atoms with Crippen molar-refractivity contribution in [2.24, 2.45) is 0 Å². The third-order valence-corrected chi connectivity index (χ3v) is 4.40. The van der Waals surface area contributed by atoms with Crippen LogP contribution in [0, 0.1) is 5.82 Å². The van der Waals surface area contributed by atoms with Crippen LogP contribution in [0.25, 0.3) is 5.69 Å². The molecule has 124 valence electrons. The molecule has 1 aromatic carbocycles. The van der Waals surface area contributed by atoms with Gasteiger partial charge in [-0.05, 0) is 57.0 Å². The first-order chi connectivity index (χ1) is 11.1. The van der Waals surface area contributed by atoms with Crippen LogP contribution in [0.5, 0.6) is 0 Å². The number of hydrogen-bond donors (Lipinski definition) is 0. The van der Waals surface area contributed by atoms with Crippen molar-refractivity contribution in [2.45, 2.75) is 45.3 Å². The molecule has 4 nitrogen and oxygen atoms in total. The Morgan fingerprint density at radius 1 is 1.22 bits per heavy atom. The van der Waals surface area contributed by atoms with Crippen molar-refractivity contribution < 1.29 is 9.13 Å². The first-order valence-corrected chi connectivity index (χ1v) is 8.27. The highest BCUT2D eigenvalue weighted by Crippen LogP contribution is 2.20. The second-order valence-electron chi connectivity index (χ2n) is 6.34. The Balaban J connectivity index is 1.72. The fourth-order valence-corrected chi connectivity index (χ4v) is 3.12. The van der Waals surface area contributed by atoms with Crippen LogP contribution in [-0.4, -0.2) is 40.0 Å². The summed E-state index contributed by atoms with van der Waals surface area (Å²) in [5.41, 5.74) is 1.91. The highest BCUT2D eigenvalue weighted by atomic mass is 19.1. The van der Waals surface area contributed by atoms with Gasteiger partial charge in [0.2, 0.25) is 0 Å². The maximum atomic E-state index is 13.0. The Morgan fingerprint density at radius 3 is 2.57 bits per heavy atom. The maximum absolute atomic E-state index is 13.0. The third-order valence-electron chi connectivity index (χ3n) is 4.40. The second-order valence-corrected chi connectivity index (χ2v) is 6.34. The Kier molecular flexibility index (Phi) is 5.08. The van der Waals surface area contributed by atoms with Crippen LogP contribution < -0.4 is 0 Å². The summed E-state index contributed by atoms with van der Waals surface area (Å²) < 4.78 is 20.3. The molecule has 2 heterocycles. The molecule has 1 aliphatic heterocycles. The van der Waals surface area contributed by atoms with Crippen LogP contribution in [0.3, 0.4) is 0 Å². The molecule has 1 saturated heterocycles. The average Bonchev–Trinajstić information content (AvgIpc) is 3.02. The Morgan fingerprint density at radius 2 is 1.91 bits per heavy atom. The lowest BCUT2D eigenvalue weighted by atomic mass is 10.0. The van der Waals surface area contributed by atoms with E-state index in [4.69, 9.17) is 4.74 Å². The Bertz CT molecular complexity index is 617. The van der Waals surface area contributed by atoms with Gasteiger partial charge in [0, 0.05) is 38.0 Å². The van der Waals surface area contributed by atoms with Crippen LogP contribution in [0.1, 0.15) is 32.4 Å². The molecule has 0 N–H and O–H groups in total. The summed E-state index contributed by atoms with van der Waals surface area (Å²) in [5.74, 6) is -0.230. The van der Waals surface area contributed by atoms with Gasteiger partial charge in [-0.3, -0.25) is 4.90 Å². The monoisotopic (exact) mass is 317 g/mol. The van der Waals surface area contributed by atoms with E-state index in [0.717, 1.165) is 44.0 Å². The highest BCUT2D eigenvalue weighted by molar-refractivity contribution is 5.31. The van der Waals surface area contributed by atoms with E-state index >= 15 is 0 Å². The molecule has 0 radical (unpaired) electrons. The molecular weight excluding hydrogens is 293 g/mol. The number of hydrogen-bond acceptors (Lipinski definition) is 3. The predicted molar refractivity (Wildman–Crippen MR) is 88.0 cm³/mol. The van der Waals surface area contributed by atoms with E-state index in [9.17, 15) is 4.39 Å². The van der Waals surface area contributed by atoms with Crippen molar-refractivity contribution in [2.75, 3.05) is 13.2 Å². The lowest BCUT2D eigenvalue weighted by molar-refractivity contribution is 0.0182. The molecule has 2 aromatic rings. The first kappa shape index (κ1) is 16.1. The number of rotatable bonds is 5. The second kappa shape index (κ2) is 7.23. The van der Waals surface area contributed by atoms with Gasteiger partial charge in [0.1, 0.15) is 5.82 Å². The van der Waals surface area contributed by atoms with E-state index in [2.05, 4.69) is 23.8 Å². The fourth-order valence-electron chi connectivity index (χ4n) is 3.12. The molecular formula is C18H24FN3O. The summed E-state index contributed by atoms with van der Waals surface area (Å²) in [6, 6.07) is 9.46. The minimum Gasteiger partial charge on any atom is -0.381 e. The van der Waals surface area contributed by atoms with Crippen molar-refractivity contribution in [3.63, 3.8) is 0 Å². The van der Waals surface area contributed by atoms with Gasteiger partial charge >= 0.3 is 0 Å². The van der Waals surface area contributed by atoms with Crippen LogP contribution in [-0.2, 0) is 11.3 Å². The van der Waals surface area contributed by atoms with E-state index in [1.165, 1.54) is 12.1 Å². The van der Waals surface area contributed by atoms with Crippen LogP contribution in [0.2, 0.25) is 0 Å². The van der Waals surface area contributed by atoms with Crippen LogP contribution in [0.4, 0.5) is 4.39 Å². The zero-order chi connectivity index (χ0) is 16.2. The smallest absolute Gasteiger partial charge is 0.123 e. The maximum Gasteiger partial charge on any atom is 0.123 e. The molecule has 1 aliphatic rings. The summed E-state index contributed by atoms with van der Waals surface area (Å²) in [6.07, 6.45) is 4.10. The standard InChI is InChI=1S/C18H24FN3O/c1-14(2)21(17-8-11-23-12-9-17)13-16-7-10-22(20-16)18-5-3-15(19)4-6-18/h3-7,10,14,17H,8-9,11-13H2,1-2H3. The molecule has 23 heavy (non-hydrogen) atoms. The van der Waals surface area contributed by atoms with Gasteiger partial charge in [-0.25, -0.2) is 9.07 Å². The van der Waals surface area contributed by atoms with Crippen molar-refractivity contribution in [1.29, 1.82) is 0 Å². The summed E-state index contributed by atoms with van der Waals surface area (Å²) in [7, 11) is 0. The topological polar surface area (TPSA) is 30.3 Å². The molecule has 3 rings (SSSR count). The van der Waals surface area contributed by atoms with E-state index < -0.39 is 0 Å². The molecule has 0 bridgehead atoms. The van der Waals surface area contributed by atoms with Crippen LogP contribution >= 0.6 is 0 Å². The van der Waals surface area contributed by atoms with E-state index in [-0.39, 0.29) is 5.82 Å². The highest BCUT2D eigenvalue weighted by Gasteiger charge is 2.24. The van der Waals surface area contributed by atoms with Crippen molar-refractivity contribution in [3.8, 4) is 5.69 Å².